The number of nitro groups is 1. The molecule has 0 amide bonds. The van der Waals surface area contributed by atoms with Crippen LogP contribution in [0.2, 0.25) is 0 Å². The third-order valence-corrected chi connectivity index (χ3v) is 3.33. The van der Waals surface area contributed by atoms with E-state index in [0.29, 0.717) is 12.1 Å². The molecule has 6 nitrogen and oxygen atoms in total. The van der Waals surface area contributed by atoms with Gasteiger partial charge in [0.15, 0.2) is 0 Å². The Kier molecular flexibility index (Phi) is 3.15. The van der Waals surface area contributed by atoms with E-state index in [0.717, 1.165) is 32.1 Å². The molecule has 0 spiro atoms. The zero-order chi connectivity index (χ0) is 12.5. The van der Waals surface area contributed by atoms with E-state index in [-0.39, 0.29) is 5.82 Å². The van der Waals surface area contributed by atoms with Crippen LogP contribution in [0.4, 0.5) is 5.82 Å². The van der Waals surface area contributed by atoms with E-state index in [4.69, 9.17) is 0 Å². The van der Waals surface area contributed by atoms with Gasteiger partial charge in [-0.2, -0.15) is 4.68 Å². The minimum atomic E-state index is -0.745. The summed E-state index contributed by atoms with van der Waals surface area (Å²) in [5.74, 6) is -0.121. The van der Waals surface area contributed by atoms with Crippen molar-refractivity contribution >= 4 is 5.82 Å². The molecule has 6 heteroatoms. The Bertz CT molecular complexity index is 422. The first-order valence-corrected chi connectivity index (χ1v) is 5.91. The lowest BCUT2D eigenvalue weighted by Crippen LogP contribution is -2.36. The van der Waals surface area contributed by atoms with Gasteiger partial charge >= 0.3 is 5.82 Å². The van der Waals surface area contributed by atoms with Crippen molar-refractivity contribution in [2.75, 3.05) is 0 Å². The van der Waals surface area contributed by atoms with Crippen molar-refractivity contribution in [3.8, 4) is 0 Å². The van der Waals surface area contributed by atoms with Crippen molar-refractivity contribution < 1.29 is 10.0 Å². The first kappa shape index (κ1) is 12.0. The Balaban J connectivity index is 2.13. The van der Waals surface area contributed by atoms with Crippen LogP contribution in [0.25, 0.3) is 0 Å². The van der Waals surface area contributed by atoms with Gasteiger partial charge in [-0.25, -0.2) is 0 Å². The zero-order valence-corrected chi connectivity index (χ0v) is 9.93. The molecule has 94 valence electrons. The summed E-state index contributed by atoms with van der Waals surface area (Å²) in [7, 11) is 0. The highest BCUT2D eigenvalue weighted by Gasteiger charge is 2.32. The monoisotopic (exact) mass is 239 g/mol. The van der Waals surface area contributed by atoms with Gasteiger partial charge in [-0.1, -0.05) is 19.3 Å². The standard InChI is InChI=1S/C11H17N3O3/c1-9-7-13(12-10(9)14(16)17)8-11(15)5-3-2-4-6-11/h7,15H,2-6,8H2,1H3. The fourth-order valence-electron chi connectivity index (χ4n) is 2.44. The van der Waals surface area contributed by atoms with Crippen molar-refractivity contribution in [3.63, 3.8) is 0 Å². The molecule has 17 heavy (non-hydrogen) atoms. The van der Waals surface area contributed by atoms with Gasteiger partial charge in [-0.3, -0.25) is 0 Å². The topological polar surface area (TPSA) is 81.2 Å². The van der Waals surface area contributed by atoms with Crippen molar-refractivity contribution in [1.29, 1.82) is 0 Å². The Labute approximate surface area is 99.4 Å². The highest BCUT2D eigenvalue weighted by atomic mass is 16.6. The average Bonchev–Trinajstić information content (AvgIpc) is 2.59. The summed E-state index contributed by atoms with van der Waals surface area (Å²) >= 11 is 0. The quantitative estimate of drug-likeness (QED) is 0.644. The predicted molar refractivity (Wildman–Crippen MR) is 61.7 cm³/mol. The Hall–Kier alpha value is -1.43. The second-order valence-electron chi connectivity index (χ2n) is 4.88. The minimum absolute atomic E-state index is 0.121. The van der Waals surface area contributed by atoms with Crippen LogP contribution in [-0.4, -0.2) is 25.4 Å². The summed E-state index contributed by atoms with van der Waals surface area (Å²) in [6, 6.07) is 0. The normalized spacial score (nSPS) is 19.2. The van der Waals surface area contributed by atoms with Gasteiger partial charge in [0, 0.05) is 0 Å². The third-order valence-electron chi connectivity index (χ3n) is 3.33. The van der Waals surface area contributed by atoms with Gasteiger partial charge in [0.05, 0.1) is 29.0 Å². The largest absolute Gasteiger partial charge is 0.392 e. The molecular formula is C11H17N3O3. The van der Waals surface area contributed by atoms with Crippen molar-refractivity contribution in [3.05, 3.63) is 21.9 Å². The summed E-state index contributed by atoms with van der Waals surface area (Å²) in [5, 5.41) is 24.9. The molecule has 1 fully saturated rings. The number of aryl methyl sites for hydroxylation is 1. The van der Waals surface area contributed by atoms with Crippen molar-refractivity contribution in [2.24, 2.45) is 0 Å². The van der Waals surface area contributed by atoms with Gasteiger partial charge in [-0.15, -0.1) is 0 Å². The van der Waals surface area contributed by atoms with Gasteiger partial charge in [0.2, 0.25) is 0 Å². The Morgan fingerprint density at radius 3 is 2.71 bits per heavy atom. The van der Waals surface area contributed by atoms with Crippen LogP contribution in [0.15, 0.2) is 6.20 Å². The molecule has 1 aliphatic carbocycles. The molecule has 1 aromatic heterocycles. The number of aromatic nitrogens is 2. The number of aliphatic hydroxyl groups is 1. The summed E-state index contributed by atoms with van der Waals surface area (Å²) in [4.78, 5) is 10.2. The Morgan fingerprint density at radius 1 is 1.53 bits per heavy atom. The molecule has 1 N–H and O–H groups in total. The van der Waals surface area contributed by atoms with Crippen LogP contribution in [0.1, 0.15) is 37.7 Å². The molecule has 1 heterocycles. The van der Waals surface area contributed by atoms with Crippen LogP contribution < -0.4 is 0 Å². The highest BCUT2D eigenvalue weighted by molar-refractivity contribution is 5.28. The lowest BCUT2D eigenvalue weighted by Gasteiger charge is -2.30. The lowest BCUT2D eigenvalue weighted by atomic mass is 9.85. The fourth-order valence-corrected chi connectivity index (χ4v) is 2.44. The highest BCUT2D eigenvalue weighted by Crippen LogP contribution is 2.29. The molecular weight excluding hydrogens is 222 g/mol. The lowest BCUT2D eigenvalue weighted by molar-refractivity contribution is -0.390. The summed E-state index contributed by atoms with van der Waals surface area (Å²) in [6.45, 7) is 2.01. The molecule has 1 aliphatic rings. The summed E-state index contributed by atoms with van der Waals surface area (Å²) in [5.41, 5.74) is -0.209. The maximum Gasteiger partial charge on any atom is 0.392 e. The van der Waals surface area contributed by atoms with Crippen molar-refractivity contribution in [1.82, 2.24) is 9.78 Å². The molecule has 0 aromatic carbocycles. The van der Waals surface area contributed by atoms with Crippen molar-refractivity contribution in [2.45, 2.75) is 51.2 Å². The number of rotatable bonds is 3. The molecule has 2 rings (SSSR count). The van der Waals surface area contributed by atoms with E-state index in [1.165, 1.54) is 4.68 Å². The van der Waals surface area contributed by atoms with E-state index < -0.39 is 10.5 Å². The molecule has 1 saturated carbocycles. The molecule has 0 saturated heterocycles. The first-order chi connectivity index (χ1) is 8.00. The Morgan fingerprint density at radius 2 is 2.18 bits per heavy atom. The molecule has 0 atom stereocenters. The fraction of sp³-hybridized carbons (Fsp3) is 0.727. The second-order valence-corrected chi connectivity index (χ2v) is 4.88. The van der Waals surface area contributed by atoms with E-state index in [1.54, 1.807) is 13.1 Å². The minimum Gasteiger partial charge on any atom is -0.388 e. The molecule has 1 aromatic rings. The maximum atomic E-state index is 10.7. The van der Waals surface area contributed by atoms with E-state index in [1.807, 2.05) is 0 Å². The molecule has 0 bridgehead atoms. The summed E-state index contributed by atoms with van der Waals surface area (Å²) < 4.78 is 1.50. The smallest absolute Gasteiger partial charge is 0.388 e. The molecule has 0 radical (unpaired) electrons. The third kappa shape index (κ3) is 2.63. The van der Waals surface area contributed by atoms with Crippen LogP contribution in [-0.2, 0) is 6.54 Å². The maximum absolute atomic E-state index is 10.7. The van der Waals surface area contributed by atoms with Gasteiger partial charge in [-0.05, 0) is 24.7 Å². The van der Waals surface area contributed by atoms with Crippen LogP contribution in [0, 0.1) is 17.0 Å². The SMILES string of the molecule is Cc1cn(CC2(O)CCCCC2)nc1[N+](=O)[O-]. The van der Waals surface area contributed by atoms with Gasteiger partial charge < -0.3 is 15.2 Å². The zero-order valence-electron chi connectivity index (χ0n) is 9.93. The number of nitrogens with zero attached hydrogens (tertiary/aromatic N) is 3. The van der Waals surface area contributed by atoms with E-state index in [2.05, 4.69) is 5.10 Å². The molecule has 0 unspecified atom stereocenters. The van der Waals surface area contributed by atoms with E-state index >= 15 is 0 Å². The average molecular weight is 239 g/mol. The first-order valence-electron chi connectivity index (χ1n) is 5.91. The van der Waals surface area contributed by atoms with E-state index in [9.17, 15) is 15.2 Å². The molecule has 0 aliphatic heterocycles. The van der Waals surface area contributed by atoms with Crippen LogP contribution in [0.3, 0.4) is 0 Å². The summed E-state index contributed by atoms with van der Waals surface area (Å²) in [6.07, 6.45) is 6.31. The van der Waals surface area contributed by atoms with Crippen LogP contribution in [0.5, 0.6) is 0 Å². The number of hydrogen-bond acceptors (Lipinski definition) is 4. The van der Waals surface area contributed by atoms with Gasteiger partial charge in [0.1, 0.15) is 0 Å². The second kappa shape index (κ2) is 4.44. The van der Waals surface area contributed by atoms with Crippen LogP contribution >= 0.6 is 0 Å². The number of hydrogen-bond donors (Lipinski definition) is 1. The van der Waals surface area contributed by atoms with Gasteiger partial charge in [0.25, 0.3) is 0 Å². The predicted octanol–water partition coefficient (Wildman–Crippen LogP) is 1.79.